The molecular weight excluding hydrogens is 588 g/mol. The molecule has 0 atom stereocenters. The summed E-state index contributed by atoms with van der Waals surface area (Å²) in [6.07, 6.45) is 4.88. The SMILES string of the molecule is CCCCCCOCCOCCOCCOCCOCCOCCOCCOCCOCCOCCOC(=O)c1ccccc1. The first-order chi connectivity index (χ1) is 22.3. The number of ether oxygens (including phenoxy) is 11. The number of unbranched alkanes of at least 4 members (excludes halogenated alkanes) is 3. The molecule has 0 aromatic heterocycles. The predicted octanol–water partition coefficient (Wildman–Crippen LogP) is 3.59. The zero-order valence-electron chi connectivity index (χ0n) is 27.5. The van der Waals surface area contributed by atoms with Crippen LogP contribution in [0.15, 0.2) is 30.3 Å². The van der Waals surface area contributed by atoms with E-state index in [0.29, 0.717) is 131 Å². The number of carbonyl (C=O) groups is 1. The lowest BCUT2D eigenvalue weighted by Crippen LogP contribution is -2.15. The van der Waals surface area contributed by atoms with Crippen LogP contribution < -0.4 is 0 Å². The van der Waals surface area contributed by atoms with Crippen LogP contribution in [-0.4, -0.2) is 145 Å². The van der Waals surface area contributed by atoms with Crippen LogP contribution in [0.5, 0.6) is 0 Å². The fourth-order valence-electron chi connectivity index (χ4n) is 3.56. The monoisotopic (exact) mass is 646 g/mol. The summed E-state index contributed by atoms with van der Waals surface area (Å²) in [4.78, 5) is 11.8. The van der Waals surface area contributed by atoms with Gasteiger partial charge in [0.15, 0.2) is 0 Å². The number of hydrogen-bond acceptors (Lipinski definition) is 12. The number of carbonyl (C=O) groups excluding carboxylic acids is 1. The van der Waals surface area contributed by atoms with Crippen molar-refractivity contribution in [3.8, 4) is 0 Å². The Kier molecular flexibility index (Phi) is 32.3. The van der Waals surface area contributed by atoms with E-state index in [4.69, 9.17) is 52.1 Å². The lowest BCUT2D eigenvalue weighted by atomic mass is 10.2. The van der Waals surface area contributed by atoms with Crippen LogP contribution >= 0.6 is 0 Å². The van der Waals surface area contributed by atoms with E-state index in [1.807, 2.05) is 6.07 Å². The molecule has 0 heterocycles. The van der Waals surface area contributed by atoms with Gasteiger partial charge in [0.05, 0.1) is 131 Å². The second-order valence-electron chi connectivity index (χ2n) is 9.69. The Morgan fingerprint density at radius 1 is 0.400 bits per heavy atom. The Morgan fingerprint density at radius 3 is 1.04 bits per heavy atom. The lowest BCUT2D eigenvalue weighted by molar-refractivity contribution is -0.0271. The summed E-state index contributed by atoms with van der Waals surface area (Å²) < 4.78 is 59.8. The van der Waals surface area contributed by atoms with Gasteiger partial charge in [-0.15, -0.1) is 0 Å². The molecule has 0 fully saturated rings. The fourth-order valence-corrected chi connectivity index (χ4v) is 3.56. The topological polar surface area (TPSA) is 119 Å². The summed E-state index contributed by atoms with van der Waals surface area (Å²) in [7, 11) is 0. The highest BCUT2D eigenvalue weighted by molar-refractivity contribution is 5.89. The van der Waals surface area contributed by atoms with E-state index in [-0.39, 0.29) is 12.6 Å². The summed E-state index contributed by atoms with van der Waals surface area (Å²) in [6.45, 7) is 12.8. The summed E-state index contributed by atoms with van der Waals surface area (Å²) in [6, 6.07) is 8.86. The van der Waals surface area contributed by atoms with Crippen molar-refractivity contribution in [1.82, 2.24) is 0 Å². The first-order valence-electron chi connectivity index (χ1n) is 16.3. The van der Waals surface area contributed by atoms with Crippen LogP contribution in [0.1, 0.15) is 43.0 Å². The highest BCUT2D eigenvalue weighted by atomic mass is 16.6. The van der Waals surface area contributed by atoms with Gasteiger partial charge in [0.2, 0.25) is 0 Å². The lowest BCUT2D eigenvalue weighted by Gasteiger charge is -2.09. The second kappa shape index (κ2) is 35.1. The molecule has 0 saturated carbocycles. The third-order valence-electron chi connectivity index (χ3n) is 5.96. The third kappa shape index (κ3) is 30.7. The molecule has 0 amide bonds. The average Bonchev–Trinajstić information content (AvgIpc) is 3.06. The van der Waals surface area contributed by atoms with Gasteiger partial charge in [0.1, 0.15) is 6.61 Å². The van der Waals surface area contributed by atoms with Gasteiger partial charge in [0.25, 0.3) is 0 Å². The summed E-state index contributed by atoms with van der Waals surface area (Å²) in [5, 5.41) is 0. The van der Waals surface area contributed by atoms with Crippen LogP contribution in [0.4, 0.5) is 0 Å². The minimum Gasteiger partial charge on any atom is -0.460 e. The average molecular weight is 647 g/mol. The van der Waals surface area contributed by atoms with Crippen molar-refractivity contribution in [2.75, 3.05) is 139 Å². The molecule has 0 radical (unpaired) electrons. The Bertz CT molecular complexity index is 725. The molecular formula is C33H58O12. The van der Waals surface area contributed by atoms with E-state index >= 15 is 0 Å². The van der Waals surface area contributed by atoms with Crippen LogP contribution in [0.25, 0.3) is 0 Å². The Balaban J connectivity index is 1.63. The normalized spacial score (nSPS) is 11.3. The minimum atomic E-state index is -0.354. The highest BCUT2D eigenvalue weighted by Crippen LogP contribution is 2.01. The molecule has 1 aromatic rings. The van der Waals surface area contributed by atoms with Crippen molar-refractivity contribution in [3.05, 3.63) is 35.9 Å². The maximum absolute atomic E-state index is 11.8. The molecule has 12 nitrogen and oxygen atoms in total. The third-order valence-corrected chi connectivity index (χ3v) is 5.96. The van der Waals surface area contributed by atoms with Crippen molar-refractivity contribution >= 4 is 5.97 Å². The number of hydrogen-bond donors (Lipinski definition) is 0. The maximum Gasteiger partial charge on any atom is 0.338 e. The zero-order valence-corrected chi connectivity index (χ0v) is 27.5. The van der Waals surface area contributed by atoms with Gasteiger partial charge in [-0.2, -0.15) is 0 Å². The molecule has 0 aliphatic carbocycles. The van der Waals surface area contributed by atoms with Crippen molar-refractivity contribution in [2.45, 2.75) is 32.6 Å². The molecule has 12 heteroatoms. The van der Waals surface area contributed by atoms with Gasteiger partial charge >= 0.3 is 5.97 Å². The Morgan fingerprint density at radius 2 is 0.711 bits per heavy atom. The van der Waals surface area contributed by atoms with Gasteiger partial charge in [-0.3, -0.25) is 0 Å². The molecule has 0 bridgehead atoms. The predicted molar refractivity (Wildman–Crippen MR) is 169 cm³/mol. The van der Waals surface area contributed by atoms with Crippen LogP contribution in [0.3, 0.4) is 0 Å². The molecule has 0 aliphatic rings. The van der Waals surface area contributed by atoms with Crippen LogP contribution in [-0.2, 0) is 52.1 Å². The second-order valence-corrected chi connectivity index (χ2v) is 9.69. The van der Waals surface area contributed by atoms with E-state index < -0.39 is 0 Å². The molecule has 45 heavy (non-hydrogen) atoms. The largest absolute Gasteiger partial charge is 0.460 e. The van der Waals surface area contributed by atoms with E-state index in [9.17, 15) is 4.79 Å². The smallest absolute Gasteiger partial charge is 0.338 e. The first kappa shape index (κ1) is 41.3. The summed E-state index contributed by atoms with van der Waals surface area (Å²) in [5.41, 5.74) is 0.528. The van der Waals surface area contributed by atoms with E-state index in [1.165, 1.54) is 19.3 Å². The van der Waals surface area contributed by atoms with Crippen molar-refractivity contribution in [2.24, 2.45) is 0 Å². The quantitative estimate of drug-likeness (QED) is 0.0783. The standard InChI is InChI=1S/C33H58O12/c1-2-3-4-8-11-35-12-13-36-14-15-37-16-17-38-18-19-39-20-21-40-22-23-41-24-25-42-26-27-43-28-29-44-30-31-45-33(34)32-9-6-5-7-10-32/h5-7,9-10H,2-4,8,11-31H2,1H3. The van der Waals surface area contributed by atoms with Crippen LogP contribution in [0, 0.1) is 0 Å². The van der Waals surface area contributed by atoms with Crippen molar-refractivity contribution in [1.29, 1.82) is 0 Å². The van der Waals surface area contributed by atoms with Gasteiger partial charge in [-0.05, 0) is 18.6 Å². The Hall–Kier alpha value is -1.71. The molecule has 262 valence electrons. The van der Waals surface area contributed by atoms with Crippen molar-refractivity contribution in [3.63, 3.8) is 0 Å². The van der Waals surface area contributed by atoms with Gasteiger partial charge in [-0.1, -0.05) is 44.4 Å². The molecule has 0 N–H and O–H groups in total. The van der Waals surface area contributed by atoms with E-state index in [2.05, 4.69) is 6.92 Å². The number of rotatable bonds is 36. The molecule has 1 aromatic carbocycles. The molecule has 0 saturated heterocycles. The van der Waals surface area contributed by atoms with Gasteiger partial charge in [0, 0.05) is 6.61 Å². The number of benzene rings is 1. The zero-order chi connectivity index (χ0) is 32.1. The van der Waals surface area contributed by atoms with Gasteiger partial charge in [-0.25, -0.2) is 4.79 Å². The summed E-state index contributed by atoms with van der Waals surface area (Å²) >= 11 is 0. The fraction of sp³-hybridized carbons (Fsp3) is 0.788. The molecule has 0 spiro atoms. The molecule has 0 aliphatic heterocycles. The number of esters is 1. The van der Waals surface area contributed by atoms with Crippen molar-refractivity contribution < 1.29 is 56.9 Å². The molecule has 0 unspecified atom stereocenters. The summed E-state index contributed by atoms with van der Waals surface area (Å²) in [5.74, 6) is -0.354. The van der Waals surface area contributed by atoms with Crippen LogP contribution in [0.2, 0.25) is 0 Å². The molecule has 1 rings (SSSR count). The Labute approximate surface area is 270 Å². The first-order valence-corrected chi connectivity index (χ1v) is 16.3. The van der Waals surface area contributed by atoms with Gasteiger partial charge < -0.3 is 52.1 Å². The van der Waals surface area contributed by atoms with E-state index in [0.717, 1.165) is 13.0 Å². The van der Waals surface area contributed by atoms with E-state index in [1.54, 1.807) is 24.3 Å². The highest BCUT2D eigenvalue weighted by Gasteiger charge is 2.05. The minimum absolute atomic E-state index is 0.205. The maximum atomic E-state index is 11.8.